The SMILES string of the molecule is Cn1cc(-c2ccc(F)cc2F)sc1=NC(=O)C12CC3CC(CC(C3)C1)C2. The van der Waals surface area contributed by atoms with Crippen LogP contribution in [0.1, 0.15) is 38.5 Å². The van der Waals surface area contributed by atoms with E-state index < -0.39 is 11.6 Å². The predicted octanol–water partition coefficient (Wildman–Crippen LogP) is 4.68. The van der Waals surface area contributed by atoms with Gasteiger partial charge in [0.25, 0.3) is 5.91 Å². The third-order valence-electron chi connectivity index (χ3n) is 6.70. The summed E-state index contributed by atoms with van der Waals surface area (Å²) in [5, 5.41) is 0. The van der Waals surface area contributed by atoms with Gasteiger partial charge < -0.3 is 4.57 Å². The maximum atomic E-state index is 14.1. The number of rotatable bonds is 2. The first-order chi connectivity index (χ1) is 12.9. The highest BCUT2D eigenvalue weighted by atomic mass is 32.1. The maximum absolute atomic E-state index is 14.1. The lowest BCUT2D eigenvalue weighted by Gasteiger charge is -2.55. The Morgan fingerprint density at radius 2 is 1.78 bits per heavy atom. The van der Waals surface area contributed by atoms with Gasteiger partial charge >= 0.3 is 0 Å². The maximum Gasteiger partial charge on any atom is 0.254 e. The zero-order chi connectivity index (χ0) is 18.8. The number of aryl methyl sites for hydroxylation is 1. The molecule has 4 aliphatic rings. The predicted molar refractivity (Wildman–Crippen MR) is 99.8 cm³/mol. The van der Waals surface area contributed by atoms with E-state index in [0.717, 1.165) is 25.3 Å². The van der Waals surface area contributed by atoms with Crippen molar-refractivity contribution in [2.75, 3.05) is 0 Å². The quantitative estimate of drug-likeness (QED) is 0.736. The van der Waals surface area contributed by atoms with Crippen LogP contribution in [0.15, 0.2) is 29.4 Å². The van der Waals surface area contributed by atoms with Gasteiger partial charge in [-0.25, -0.2) is 8.78 Å². The van der Waals surface area contributed by atoms with Crippen molar-refractivity contribution in [2.24, 2.45) is 35.2 Å². The molecule has 6 heteroatoms. The summed E-state index contributed by atoms with van der Waals surface area (Å²) in [7, 11) is 1.81. The van der Waals surface area contributed by atoms with Crippen LogP contribution in [0, 0.1) is 34.8 Å². The smallest absolute Gasteiger partial charge is 0.254 e. The minimum absolute atomic E-state index is 0.00479. The van der Waals surface area contributed by atoms with Crippen LogP contribution in [0.2, 0.25) is 0 Å². The molecule has 4 fully saturated rings. The van der Waals surface area contributed by atoms with Crippen LogP contribution in [0.4, 0.5) is 8.78 Å². The van der Waals surface area contributed by atoms with Crippen molar-refractivity contribution in [3.8, 4) is 10.4 Å². The molecule has 0 atom stereocenters. The van der Waals surface area contributed by atoms with E-state index in [4.69, 9.17) is 0 Å². The summed E-state index contributed by atoms with van der Waals surface area (Å²) >= 11 is 1.28. The minimum atomic E-state index is -0.601. The Labute approximate surface area is 160 Å². The average Bonchev–Trinajstić information content (AvgIpc) is 2.94. The summed E-state index contributed by atoms with van der Waals surface area (Å²) in [6, 6.07) is 3.56. The van der Waals surface area contributed by atoms with E-state index in [-0.39, 0.29) is 11.3 Å². The average molecular weight is 388 g/mol. The molecule has 4 aliphatic carbocycles. The number of amides is 1. The Morgan fingerprint density at radius 3 is 2.37 bits per heavy atom. The van der Waals surface area contributed by atoms with E-state index in [0.29, 0.717) is 33.0 Å². The number of benzene rings is 1. The number of carbonyl (C=O) groups excluding carboxylic acids is 1. The molecule has 1 aromatic heterocycles. The Bertz CT molecular complexity index is 955. The Hall–Kier alpha value is -1.82. The molecule has 0 spiro atoms. The van der Waals surface area contributed by atoms with Crippen LogP contribution in [0.5, 0.6) is 0 Å². The number of carbonyl (C=O) groups is 1. The van der Waals surface area contributed by atoms with Gasteiger partial charge in [-0.1, -0.05) is 11.3 Å². The standard InChI is InChI=1S/C21H22F2N2OS/c1-25-11-18(16-3-2-15(22)7-17(16)23)27-20(25)24-19(26)21-8-12-4-13(9-21)6-14(5-12)10-21/h2-3,7,11-14H,4-6,8-10H2,1H3. The van der Waals surface area contributed by atoms with Crippen molar-refractivity contribution in [1.29, 1.82) is 0 Å². The van der Waals surface area contributed by atoms with Gasteiger partial charge in [-0.2, -0.15) is 4.99 Å². The van der Waals surface area contributed by atoms with E-state index in [1.165, 1.54) is 42.7 Å². The van der Waals surface area contributed by atoms with Crippen LogP contribution < -0.4 is 4.80 Å². The largest absolute Gasteiger partial charge is 0.326 e. The van der Waals surface area contributed by atoms with Crippen molar-refractivity contribution in [3.05, 3.63) is 40.8 Å². The zero-order valence-electron chi connectivity index (χ0n) is 15.3. The van der Waals surface area contributed by atoms with Crippen molar-refractivity contribution in [3.63, 3.8) is 0 Å². The minimum Gasteiger partial charge on any atom is -0.326 e. The van der Waals surface area contributed by atoms with E-state index in [1.807, 2.05) is 7.05 Å². The Kier molecular flexibility index (Phi) is 3.90. The lowest BCUT2D eigenvalue weighted by atomic mass is 9.49. The monoisotopic (exact) mass is 388 g/mol. The second kappa shape index (κ2) is 6.09. The summed E-state index contributed by atoms with van der Waals surface area (Å²) < 4.78 is 29.0. The molecule has 0 N–H and O–H groups in total. The van der Waals surface area contributed by atoms with Crippen molar-refractivity contribution >= 4 is 17.2 Å². The fourth-order valence-corrected chi connectivity index (χ4v) is 6.93. The van der Waals surface area contributed by atoms with Crippen LogP contribution in [0.3, 0.4) is 0 Å². The lowest BCUT2D eigenvalue weighted by Crippen LogP contribution is -2.49. The molecule has 1 amide bonds. The van der Waals surface area contributed by atoms with Crippen LogP contribution in [-0.4, -0.2) is 10.5 Å². The van der Waals surface area contributed by atoms with Gasteiger partial charge in [0.2, 0.25) is 0 Å². The van der Waals surface area contributed by atoms with Gasteiger partial charge in [-0.3, -0.25) is 4.79 Å². The first-order valence-electron chi connectivity index (χ1n) is 9.63. The first-order valence-corrected chi connectivity index (χ1v) is 10.4. The highest BCUT2D eigenvalue weighted by Crippen LogP contribution is 2.60. The van der Waals surface area contributed by atoms with Crippen LogP contribution >= 0.6 is 11.3 Å². The molecule has 3 nitrogen and oxygen atoms in total. The number of thiazole rings is 1. The van der Waals surface area contributed by atoms with Gasteiger partial charge in [-0.15, -0.1) is 0 Å². The molecule has 2 aromatic rings. The van der Waals surface area contributed by atoms with Gasteiger partial charge in [0.15, 0.2) is 4.80 Å². The highest BCUT2D eigenvalue weighted by Gasteiger charge is 2.54. The first kappa shape index (κ1) is 17.3. The van der Waals surface area contributed by atoms with Crippen molar-refractivity contribution in [1.82, 2.24) is 4.57 Å². The number of hydrogen-bond acceptors (Lipinski definition) is 2. The fraction of sp³-hybridized carbons (Fsp3) is 0.524. The summed E-state index contributed by atoms with van der Waals surface area (Å²) in [6.07, 6.45) is 8.56. The highest BCUT2D eigenvalue weighted by molar-refractivity contribution is 7.12. The molecule has 1 aromatic carbocycles. The van der Waals surface area contributed by atoms with E-state index in [9.17, 15) is 13.6 Å². The summed E-state index contributed by atoms with van der Waals surface area (Å²) in [6.45, 7) is 0. The van der Waals surface area contributed by atoms with E-state index in [1.54, 1.807) is 10.8 Å². The van der Waals surface area contributed by atoms with Gasteiger partial charge in [0.05, 0.1) is 10.3 Å². The zero-order valence-corrected chi connectivity index (χ0v) is 16.1. The molecule has 4 bridgehead atoms. The van der Waals surface area contributed by atoms with E-state index >= 15 is 0 Å². The molecule has 6 rings (SSSR count). The number of nitrogens with zero attached hydrogens (tertiary/aromatic N) is 2. The normalized spacial score (nSPS) is 32.3. The lowest BCUT2D eigenvalue weighted by molar-refractivity contribution is -0.142. The van der Waals surface area contributed by atoms with Crippen molar-refractivity contribution in [2.45, 2.75) is 38.5 Å². The molecule has 142 valence electrons. The third kappa shape index (κ3) is 2.89. The van der Waals surface area contributed by atoms with Crippen LogP contribution in [0.25, 0.3) is 10.4 Å². The van der Waals surface area contributed by atoms with Gasteiger partial charge in [0, 0.05) is 24.9 Å². The second-order valence-corrected chi connectivity index (χ2v) is 9.74. The number of aromatic nitrogens is 1. The Balaban J connectivity index is 1.49. The molecule has 0 unspecified atom stereocenters. The summed E-state index contributed by atoms with van der Waals surface area (Å²) in [5.74, 6) is 0.879. The molecular formula is C21H22F2N2OS. The topological polar surface area (TPSA) is 34.4 Å². The van der Waals surface area contributed by atoms with Gasteiger partial charge in [0.1, 0.15) is 11.6 Å². The van der Waals surface area contributed by atoms with Crippen LogP contribution in [-0.2, 0) is 11.8 Å². The second-order valence-electron chi connectivity index (χ2n) is 8.73. The number of halogens is 2. The Morgan fingerprint density at radius 1 is 1.15 bits per heavy atom. The van der Waals surface area contributed by atoms with Crippen molar-refractivity contribution < 1.29 is 13.6 Å². The molecule has 27 heavy (non-hydrogen) atoms. The fourth-order valence-electron chi connectivity index (χ4n) is 5.92. The van der Waals surface area contributed by atoms with E-state index in [2.05, 4.69) is 4.99 Å². The summed E-state index contributed by atoms with van der Waals surface area (Å²) in [5.41, 5.74) is 0.0632. The van der Waals surface area contributed by atoms with Gasteiger partial charge in [-0.05, 0) is 68.4 Å². The number of hydrogen-bond donors (Lipinski definition) is 0. The third-order valence-corrected chi connectivity index (χ3v) is 7.81. The molecule has 0 saturated heterocycles. The molecule has 0 radical (unpaired) electrons. The molecule has 4 saturated carbocycles. The summed E-state index contributed by atoms with van der Waals surface area (Å²) in [4.78, 5) is 18.9. The molecule has 0 aliphatic heterocycles. The molecular weight excluding hydrogens is 366 g/mol. The molecule has 1 heterocycles.